The highest BCUT2D eigenvalue weighted by molar-refractivity contribution is 8.18. The van der Waals surface area contributed by atoms with Crippen LogP contribution < -0.4 is 0 Å². The van der Waals surface area contributed by atoms with Gasteiger partial charge in [-0.15, -0.1) is 0 Å². The molecule has 0 radical (unpaired) electrons. The molecule has 6 heteroatoms. The molecule has 1 aliphatic rings. The predicted octanol–water partition coefficient (Wildman–Crippen LogP) is 3.62. The molecular formula is C18H19NO4S. The Hall–Kier alpha value is -2.34. The molecule has 2 amide bonds. The first-order valence-corrected chi connectivity index (χ1v) is 8.49. The summed E-state index contributed by atoms with van der Waals surface area (Å²) in [5.41, 5.74) is 0.991. The summed E-state index contributed by atoms with van der Waals surface area (Å²) in [6.07, 6.45) is 5.58. The maximum absolute atomic E-state index is 12.2. The SMILES string of the molecule is CC[C@H](C)OC(=O)CN1C(=O)S/C(=C/C=C\c2ccccc2)C1=O. The van der Waals surface area contributed by atoms with Gasteiger partial charge in [0.1, 0.15) is 6.54 Å². The van der Waals surface area contributed by atoms with Crippen molar-refractivity contribution < 1.29 is 19.1 Å². The number of esters is 1. The molecule has 0 spiro atoms. The molecule has 1 aliphatic heterocycles. The smallest absolute Gasteiger partial charge is 0.326 e. The fourth-order valence-electron chi connectivity index (χ4n) is 1.94. The van der Waals surface area contributed by atoms with Crippen LogP contribution in [0.15, 0.2) is 47.4 Å². The lowest BCUT2D eigenvalue weighted by molar-refractivity contribution is -0.150. The Kier molecular flexibility index (Phi) is 6.37. The minimum atomic E-state index is -0.576. The third kappa shape index (κ3) is 4.83. The number of ether oxygens (including phenoxy) is 1. The molecule has 1 atom stereocenters. The fourth-order valence-corrected chi connectivity index (χ4v) is 2.73. The van der Waals surface area contributed by atoms with Crippen LogP contribution in [0.4, 0.5) is 4.79 Å². The Morgan fingerprint density at radius 1 is 1.29 bits per heavy atom. The average molecular weight is 345 g/mol. The molecule has 2 rings (SSSR count). The topological polar surface area (TPSA) is 63.7 Å². The molecular weight excluding hydrogens is 326 g/mol. The largest absolute Gasteiger partial charge is 0.461 e. The van der Waals surface area contributed by atoms with Gasteiger partial charge in [-0.1, -0.05) is 49.4 Å². The first-order chi connectivity index (χ1) is 11.5. The molecule has 126 valence electrons. The van der Waals surface area contributed by atoms with Gasteiger partial charge in [0, 0.05) is 0 Å². The van der Waals surface area contributed by atoms with Gasteiger partial charge in [-0.05, 0) is 36.7 Å². The molecule has 1 saturated heterocycles. The molecule has 0 aromatic heterocycles. The van der Waals surface area contributed by atoms with Crippen molar-refractivity contribution in [2.75, 3.05) is 6.54 Å². The third-order valence-electron chi connectivity index (χ3n) is 3.40. The van der Waals surface area contributed by atoms with Gasteiger partial charge in [-0.3, -0.25) is 19.3 Å². The summed E-state index contributed by atoms with van der Waals surface area (Å²) >= 11 is 0.823. The molecule has 1 aromatic carbocycles. The zero-order valence-electron chi connectivity index (χ0n) is 13.6. The van der Waals surface area contributed by atoms with Crippen LogP contribution in [0.5, 0.6) is 0 Å². The van der Waals surface area contributed by atoms with E-state index in [1.165, 1.54) is 0 Å². The number of hydrogen-bond donors (Lipinski definition) is 0. The number of amides is 2. The van der Waals surface area contributed by atoms with Crippen molar-refractivity contribution in [1.29, 1.82) is 0 Å². The lowest BCUT2D eigenvalue weighted by atomic mass is 10.2. The molecule has 24 heavy (non-hydrogen) atoms. The lowest BCUT2D eigenvalue weighted by Crippen LogP contribution is -2.35. The molecule has 1 fully saturated rings. The average Bonchev–Trinajstić information content (AvgIpc) is 2.83. The quantitative estimate of drug-likeness (QED) is 0.582. The van der Waals surface area contributed by atoms with E-state index >= 15 is 0 Å². The zero-order chi connectivity index (χ0) is 17.5. The van der Waals surface area contributed by atoms with Gasteiger partial charge < -0.3 is 4.74 Å². The Labute approximate surface area is 145 Å². The van der Waals surface area contributed by atoms with E-state index in [-0.39, 0.29) is 12.6 Å². The normalized spacial score (nSPS) is 17.8. The van der Waals surface area contributed by atoms with Crippen LogP contribution in [-0.4, -0.2) is 34.7 Å². The van der Waals surface area contributed by atoms with Crippen LogP contribution in [0.1, 0.15) is 25.8 Å². The number of thioether (sulfide) groups is 1. The standard InChI is InChI=1S/C18H19NO4S/c1-3-13(2)23-16(20)12-19-17(21)15(24-18(19)22)11-7-10-14-8-5-4-6-9-14/h4-11,13H,3,12H2,1-2H3/b10-7-,15-11+/t13-/m0/s1. The van der Waals surface area contributed by atoms with Crippen molar-refractivity contribution in [1.82, 2.24) is 4.90 Å². The summed E-state index contributed by atoms with van der Waals surface area (Å²) in [5, 5.41) is -0.458. The van der Waals surface area contributed by atoms with Crippen LogP contribution in [0.25, 0.3) is 6.08 Å². The molecule has 0 bridgehead atoms. The van der Waals surface area contributed by atoms with Crippen molar-refractivity contribution in [3.8, 4) is 0 Å². The lowest BCUT2D eigenvalue weighted by Gasteiger charge is -2.14. The third-order valence-corrected chi connectivity index (χ3v) is 4.33. The highest BCUT2D eigenvalue weighted by Crippen LogP contribution is 2.30. The van der Waals surface area contributed by atoms with Gasteiger partial charge in [0.05, 0.1) is 11.0 Å². The molecule has 1 heterocycles. The van der Waals surface area contributed by atoms with Crippen molar-refractivity contribution in [2.24, 2.45) is 0 Å². The van der Waals surface area contributed by atoms with E-state index in [0.717, 1.165) is 22.2 Å². The first kappa shape index (κ1) is 18.0. The van der Waals surface area contributed by atoms with Crippen molar-refractivity contribution in [2.45, 2.75) is 26.4 Å². The Morgan fingerprint density at radius 3 is 2.67 bits per heavy atom. The van der Waals surface area contributed by atoms with Crippen molar-refractivity contribution in [3.63, 3.8) is 0 Å². The molecule has 0 aliphatic carbocycles. The summed E-state index contributed by atoms with van der Waals surface area (Å²) in [5.74, 6) is -1.04. The summed E-state index contributed by atoms with van der Waals surface area (Å²) in [6, 6.07) is 9.61. The van der Waals surface area contributed by atoms with Crippen LogP contribution in [0.3, 0.4) is 0 Å². The van der Waals surface area contributed by atoms with E-state index in [1.54, 1.807) is 19.1 Å². The molecule has 0 N–H and O–H groups in total. The fraction of sp³-hybridized carbons (Fsp3) is 0.278. The Bertz CT molecular complexity index is 682. The van der Waals surface area contributed by atoms with Gasteiger partial charge in [-0.25, -0.2) is 0 Å². The maximum atomic E-state index is 12.2. The van der Waals surface area contributed by atoms with Crippen molar-refractivity contribution >= 4 is 35.0 Å². The van der Waals surface area contributed by atoms with Gasteiger partial charge >= 0.3 is 5.97 Å². The van der Waals surface area contributed by atoms with Crippen LogP contribution >= 0.6 is 11.8 Å². The second kappa shape index (κ2) is 8.49. The Morgan fingerprint density at radius 2 is 2.00 bits per heavy atom. The van der Waals surface area contributed by atoms with E-state index in [9.17, 15) is 14.4 Å². The number of benzene rings is 1. The van der Waals surface area contributed by atoms with E-state index < -0.39 is 17.1 Å². The minimum absolute atomic E-state index is 0.234. The van der Waals surface area contributed by atoms with Crippen LogP contribution in [-0.2, 0) is 14.3 Å². The van der Waals surface area contributed by atoms with E-state index in [0.29, 0.717) is 11.3 Å². The monoisotopic (exact) mass is 345 g/mol. The van der Waals surface area contributed by atoms with E-state index in [4.69, 9.17) is 4.74 Å². The summed E-state index contributed by atoms with van der Waals surface area (Å²) in [6.45, 7) is 3.30. The number of carbonyl (C=O) groups excluding carboxylic acids is 3. The molecule has 1 aromatic rings. The van der Waals surface area contributed by atoms with E-state index in [1.807, 2.05) is 43.3 Å². The van der Waals surface area contributed by atoms with Gasteiger partial charge in [0.15, 0.2) is 0 Å². The second-order valence-corrected chi connectivity index (χ2v) is 6.26. The number of rotatable bonds is 6. The number of carbonyl (C=O) groups is 3. The summed E-state index contributed by atoms with van der Waals surface area (Å²) in [4.78, 5) is 37.1. The molecule has 0 unspecified atom stereocenters. The van der Waals surface area contributed by atoms with Crippen LogP contribution in [0, 0.1) is 0 Å². The van der Waals surface area contributed by atoms with Gasteiger partial charge in [0.2, 0.25) is 0 Å². The second-order valence-electron chi connectivity index (χ2n) is 5.27. The zero-order valence-corrected chi connectivity index (χ0v) is 14.4. The van der Waals surface area contributed by atoms with Gasteiger partial charge in [-0.2, -0.15) is 0 Å². The number of nitrogens with zero attached hydrogens (tertiary/aromatic N) is 1. The Balaban J connectivity index is 1.99. The van der Waals surface area contributed by atoms with Gasteiger partial charge in [0.25, 0.3) is 11.1 Å². The maximum Gasteiger partial charge on any atom is 0.326 e. The highest BCUT2D eigenvalue weighted by Gasteiger charge is 2.36. The number of hydrogen-bond acceptors (Lipinski definition) is 5. The number of imide groups is 1. The number of allylic oxidation sites excluding steroid dienone is 2. The molecule has 0 saturated carbocycles. The van der Waals surface area contributed by atoms with Crippen LogP contribution in [0.2, 0.25) is 0 Å². The summed E-state index contributed by atoms with van der Waals surface area (Å²) in [7, 11) is 0. The minimum Gasteiger partial charge on any atom is -0.461 e. The highest BCUT2D eigenvalue weighted by atomic mass is 32.2. The predicted molar refractivity (Wildman–Crippen MR) is 94.1 cm³/mol. The van der Waals surface area contributed by atoms with Crippen molar-refractivity contribution in [3.05, 3.63) is 53.0 Å². The summed E-state index contributed by atoms with van der Waals surface area (Å²) < 4.78 is 5.10. The van der Waals surface area contributed by atoms with E-state index in [2.05, 4.69) is 0 Å². The first-order valence-electron chi connectivity index (χ1n) is 7.67. The molecule has 5 nitrogen and oxygen atoms in total.